The Bertz CT molecular complexity index is 516. The van der Waals surface area contributed by atoms with E-state index in [1.54, 1.807) is 0 Å². The average Bonchev–Trinajstić information content (AvgIpc) is 2.37. The first-order chi connectivity index (χ1) is 9.88. The second-order valence-electron chi connectivity index (χ2n) is 6.53. The summed E-state index contributed by atoms with van der Waals surface area (Å²) < 4.78 is 1.80. The molecule has 2 nitrogen and oxygen atoms in total. The zero-order valence-corrected chi connectivity index (χ0v) is 16.0. The van der Waals surface area contributed by atoms with Crippen molar-refractivity contribution < 1.29 is 4.79 Å². The van der Waals surface area contributed by atoms with Gasteiger partial charge in [0.25, 0.3) is 5.91 Å². The number of hydrogen-bond acceptors (Lipinski definition) is 1. The molecular weight excluding hydrogens is 394 g/mol. The van der Waals surface area contributed by atoms with Gasteiger partial charge in [-0.3, -0.25) is 4.79 Å². The number of carbonyl (C=O) groups is 1. The minimum absolute atomic E-state index is 0.0270. The van der Waals surface area contributed by atoms with E-state index in [1.165, 1.54) is 12.8 Å². The molecule has 1 aliphatic carbocycles. The molecule has 2 rings (SSSR count). The molecule has 4 heteroatoms. The first-order valence-corrected chi connectivity index (χ1v) is 9.23. The van der Waals surface area contributed by atoms with Gasteiger partial charge in [-0.25, -0.2) is 0 Å². The van der Waals surface area contributed by atoms with Crippen molar-refractivity contribution in [1.82, 2.24) is 5.32 Å². The highest BCUT2D eigenvalue weighted by Crippen LogP contribution is 2.34. The molecule has 0 radical (unpaired) electrons. The van der Waals surface area contributed by atoms with Crippen LogP contribution in [0.2, 0.25) is 0 Å². The van der Waals surface area contributed by atoms with E-state index in [1.807, 2.05) is 18.2 Å². The fraction of sp³-hybridized carbons (Fsp3) is 0.588. The number of amides is 1. The Morgan fingerprint density at radius 1 is 1.29 bits per heavy atom. The Labute approximate surface area is 144 Å². The van der Waals surface area contributed by atoms with Crippen LogP contribution in [-0.4, -0.2) is 11.9 Å². The third kappa shape index (κ3) is 4.32. The maximum Gasteiger partial charge on any atom is 0.252 e. The molecule has 116 valence electrons. The molecule has 1 saturated carbocycles. The van der Waals surface area contributed by atoms with E-state index in [0.717, 1.165) is 15.4 Å². The van der Waals surface area contributed by atoms with Crippen molar-refractivity contribution in [3.05, 3.63) is 32.7 Å². The third-order valence-electron chi connectivity index (χ3n) is 4.51. The zero-order chi connectivity index (χ0) is 15.6. The molecule has 0 aromatic heterocycles. The van der Waals surface area contributed by atoms with E-state index >= 15 is 0 Å². The van der Waals surface area contributed by atoms with Crippen molar-refractivity contribution in [3.63, 3.8) is 0 Å². The van der Waals surface area contributed by atoms with Gasteiger partial charge in [-0.1, -0.05) is 43.1 Å². The van der Waals surface area contributed by atoms with Gasteiger partial charge < -0.3 is 5.32 Å². The first kappa shape index (κ1) is 17.0. The highest BCUT2D eigenvalue weighted by Gasteiger charge is 2.32. The van der Waals surface area contributed by atoms with Crippen molar-refractivity contribution in [1.29, 1.82) is 0 Å². The predicted octanol–water partition coefficient (Wildman–Crippen LogP) is 5.40. The van der Waals surface area contributed by atoms with Crippen LogP contribution in [0.15, 0.2) is 27.1 Å². The lowest BCUT2D eigenvalue weighted by Gasteiger charge is -2.37. The van der Waals surface area contributed by atoms with E-state index in [-0.39, 0.29) is 11.9 Å². The number of halogens is 2. The van der Waals surface area contributed by atoms with Gasteiger partial charge in [0.05, 0.1) is 5.56 Å². The quantitative estimate of drug-likeness (QED) is 0.701. The SMILES string of the molecule is CC1CCC(C(C)C)C(NC(=O)c2ccc(Br)cc2Br)C1. The minimum atomic E-state index is 0.0270. The van der Waals surface area contributed by atoms with E-state index in [4.69, 9.17) is 0 Å². The fourth-order valence-corrected chi connectivity index (χ4v) is 4.52. The molecule has 1 amide bonds. The molecule has 1 aromatic rings. The van der Waals surface area contributed by atoms with Gasteiger partial charge in [0, 0.05) is 15.0 Å². The number of benzene rings is 1. The molecule has 0 bridgehead atoms. The fourth-order valence-electron chi connectivity index (χ4n) is 3.29. The summed E-state index contributed by atoms with van der Waals surface area (Å²) in [5.74, 6) is 1.91. The van der Waals surface area contributed by atoms with Crippen LogP contribution in [0.4, 0.5) is 0 Å². The highest BCUT2D eigenvalue weighted by molar-refractivity contribution is 9.11. The summed E-state index contributed by atoms with van der Waals surface area (Å²) in [6.07, 6.45) is 3.57. The Kier molecular flexibility index (Phi) is 5.89. The van der Waals surface area contributed by atoms with E-state index < -0.39 is 0 Å². The molecule has 0 aliphatic heterocycles. The van der Waals surface area contributed by atoms with Crippen LogP contribution in [0.1, 0.15) is 50.4 Å². The van der Waals surface area contributed by atoms with Crippen LogP contribution in [0.5, 0.6) is 0 Å². The van der Waals surface area contributed by atoms with Crippen LogP contribution in [0, 0.1) is 17.8 Å². The van der Waals surface area contributed by atoms with Crippen molar-refractivity contribution in [2.24, 2.45) is 17.8 Å². The standard InChI is InChI=1S/C17H23Br2NO/c1-10(2)13-6-4-11(3)8-16(13)20-17(21)14-7-5-12(18)9-15(14)19/h5,7,9-11,13,16H,4,6,8H2,1-3H3,(H,20,21). The maximum absolute atomic E-state index is 12.6. The Morgan fingerprint density at radius 2 is 2.00 bits per heavy atom. The second-order valence-corrected chi connectivity index (χ2v) is 8.30. The molecule has 1 aromatic carbocycles. The molecule has 0 spiro atoms. The van der Waals surface area contributed by atoms with Gasteiger partial charge in [0.15, 0.2) is 0 Å². The summed E-state index contributed by atoms with van der Waals surface area (Å²) in [5, 5.41) is 3.27. The highest BCUT2D eigenvalue weighted by atomic mass is 79.9. The molecule has 3 unspecified atom stereocenters. The monoisotopic (exact) mass is 415 g/mol. The molecule has 0 heterocycles. The summed E-state index contributed by atoms with van der Waals surface area (Å²) in [6.45, 7) is 6.80. The average molecular weight is 417 g/mol. The number of nitrogens with one attached hydrogen (secondary N) is 1. The summed E-state index contributed by atoms with van der Waals surface area (Å²) in [6, 6.07) is 5.97. The smallest absolute Gasteiger partial charge is 0.252 e. The van der Waals surface area contributed by atoms with Crippen LogP contribution < -0.4 is 5.32 Å². The van der Waals surface area contributed by atoms with Gasteiger partial charge in [-0.2, -0.15) is 0 Å². The molecule has 1 aliphatic rings. The minimum Gasteiger partial charge on any atom is -0.349 e. The number of carbonyl (C=O) groups excluding carboxylic acids is 1. The van der Waals surface area contributed by atoms with Crippen LogP contribution in [0.3, 0.4) is 0 Å². The van der Waals surface area contributed by atoms with Gasteiger partial charge in [-0.05, 0) is 64.7 Å². The van der Waals surface area contributed by atoms with Crippen molar-refractivity contribution in [2.75, 3.05) is 0 Å². The van der Waals surface area contributed by atoms with Gasteiger partial charge in [-0.15, -0.1) is 0 Å². The van der Waals surface area contributed by atoms with Crippen molar-refractivity contribution in [2.45, 2.75) is 46.1 Å². The molecular formula is C17H23Br2NO. The van der Waals surface area contributed by atoms with E-state index in [0.29, 0.717) is 23.3 Å². The van der Waals surface area contributed by atoms with Crippen LogP contribution in [-0.2, 0) is 0 Å². The Morgan fingerprint density at radius 3 is 2.62 bits per heavy atom. The molecule has 0 saturated heterocycles. The molecule has 21 heavy (non-hydrogen) atoms. The lowest BCUT2D eigenvalue weighted by Crippen LogP contribution is -2.45. The van der Waals surface area contributed by atoms with Gasteiger partial charge >= 0.3 is 0 Å². The van der Waals surface area contributed by atoms with Crippen molar-refractivity contribution >= 4 is 37.8 Å². The van der Waals surface area contributed by atoms with Crippen LogP contribution in [0.25, 0.3) is 0 Å². The lowest BCUT2D eigenvalue weighted by molar-refractivity contribution is 0.0867. The topological polar surface area (TPSA) is 29.1 Å². The number of hydrogen-bond donors (Lipinski definition) is 1. The first-order valence-electron chi connectivity index (χ1n) is 7.64. The summed E-state index contributed by atoms with van der Waals surface area (Å²) in [5.41, 5.74) is 0.707. The lowest BCUT2D eigenvalue weighted by atomic mass is 9.74. The predicted molar refractivity (Wildman–Crippen MR) is 94.4 cm³/mol. The zero-order valence-electron chi connectivity index (χ0n) is 12.8. The summed E-state index contributed by atoms with van der Waals surface area (Å²) >= 11 is 6.90. The van der Waals surface area contributed by atoms with E-state index in [9.17, 15) is 4.79 Å². The summed E-state index contributed by atoms with van der Waals surface area (Å²) in [4.78, 5) is 12.6. The molecule has 3 atom stereocenters. The van der Waals surface area contributed by atoms with Crippen molar-refractivity contribution in [3.8, 4) is 0 Å². The second kappa shape index (κ2) is 7.28. The van der Waals surface area contributed by atoms with E-state index in [2.05, 4.69) is 57.9 Å². The summed E-state index contributed by atoms with van der Waals surface area (Å²) in [7, 11) is 0. The number of rotatable bonds is 3. The largest absolute Gasteiger partial charge is 0.349 e. The van der Waals surface area contributed by atoms with Gasteiger partial charge in [0.1, 0.15) is 0 Å². The van der Waals surface area contributed by atoms with Crippen LogP contribution >= 0.6 is 31.9 Å². The molecule has 1 N–H and O–H groups in total. The Hall–Kier alpha value is -0.350. The Balaban J connectivity index is 2.12. The third-order valence-corrected chi connectivity index (χ3v) is 5.66. The maximum atomic E-state index is 12.6. The normalized spacial score (nSPS) is 25.9. The van der Waals surface area contributed by atoms with Gasteiger partial charge in [0.2, 0.25) is 0 Å². The molecule has 1 fully saturated rings.